The molecule has 0 aromatic heterocycles. The van der Waals surface area contributed by atoms with Crippen LogP contribution in [-0.2, 0) is 11.2 Å². The zero-order chi connectivity index (χ0) is 10.4. The van der Waals surface area contributed by atoms with E-state index < -0.39 is 0 Å². The van der Waals surface area contributed by atoms with Crippen LogP contribution < -0.4 is 5.32 Å². The van der Waals surface area contributed by atoms with Crippen molar-refractivity contribution in [1.29, 1.82) is 0 Å². The Morgan fingerprint density at radius 2 is 2.07 bits per heavy atom. The number of carbonyl (C=O) groups excluding carboxylic acids is 1. The van der Waals surface area contributed by atoms with Crippen molar-refractivity contribution in [3.8, 4) is 0 Å². The molecule has 1 rings (SSSR count). The third-order valence-corrected chi connectivity index (χ3v) is 2.11. The number of carbonyl (C=O) groups is 1. The molecule has 0 saturated carbocycles. The number of alkyl halides is 1. The van der Waals surface area contributed by atoms with E-state index in [-0.39, 0.29) is 5.91 Å². The molecule has 1 unspecified atom stereocenters. The van der Waals surface area contributed by atoms with Crippen LogP contribution in [0.4, 0.5) is 0 Å². The van der Waals surface area contributed by atoms with Gasteiger partial charge in [-0.15, -0.1) is 0 Å². The molecule has 0 fully saturated rings. The first-order valence-electron chi connectivity index (χ1n) is 4.63. The van der Waals surface area contributed by atoms with Gasteiger partial charge in [-0.2, -0.15) is 0 Å². The van der Waals surface area contributed by atoms with Crippen LogP contribution in [0.5, 0.6) is 0 Å². The Bertz CT molecular complexity index is 285. The molecule has 1 aromatic carbocycles. The second-order valence-electron chi connectivity index (χ2n) is 3.25. The van der Waals surface area contributed by atoms with Gasteiger partial charge in [-0.05, 0) is 5.56 Å². The van der Waals surface area contributed by atoms with Gasteiger partial charge >= 0.3 is 0 Å². The average Bonchev–Trinajstić information content (AvgIpc) is 2.16. The van der Waals surface area contributed by atoms with Gasteiger partial charge in [0.05, 0.1) is 6.42 Å². The molecule has 0 heterocycles. The van der Waals surface area contributed by atoms with Crippen molar-refractivity contribution in [3.63, 3.8) is 0 Å². The molecule has 0 spiro atoms. The maximum atomic E-state index is 11.4. The first kappa shape index (κ1) is 11.2. The summed E-state index contributed by atoms with van der Waals surface area (Å²) in [5, 5.41) is 2.84. The standard InChI is InChI=1S/C11H14BrNO/c1-9(12)8-13-11(14)7-10-5-3-2-4-6-10/h2-6,9H,7-8H2,1H3,(H,13,14). The van der Waals surface area contributed by atoms with E-state index in [4.69, 9.17) is 0 Å². The van der Waals surface area contributed by atoms with E-state index in [0.29, 0.717) is 17.8 Å². The molecule has 0 saturated heterocycles. The molecule has 0 radical (unpaired) electrons. The second-order valence-corrected chi connectivity index (χ2v) is 4.81. The summed E-state index contributed by atoms with van der Waals surface area (Å²) in [6, 6.07) is 9.74. The van der Waals surface area contributed by atoms with Gasteiger partial charge < -0.3 is 5.32 Å². The lowest BCUT2D eigenvalue weighted by Crippen LogP contribution is -2.29. The molecule has 3 heteroatoms. The molecule has 0 aliphatic rings. The van der Waals surface area contributed by atoms with E-state index >= 15 is 0 Å². The molecular formula is C11H14BrNO. The number of hydrogen-bond acceptors (Lipinski definition) is 1. The summed E-state index contributed by atoms with van der Waals surface area (Å²) in [5.74, 6) is 0.0718. The van der Waals surface area contributed by atoms with Crippen LogP contribution >= 0.6 is 15.9 Å². The first-order valence-corrected chi connectivity index (χ1v) is 5.54. The van der Waals surface area contributed by atoms with Gasteiger partial charge in [-0.3, -0.25) is 4.79 Å². The van der Waals surface area contributed by atoms with Gasteiger partial charge in [0.25, 0.3) is 0 Å². The number of rotatable bonds is 4. The summed E-state index contributed by atoms with van der Waals surface area (Å²) in [6.45, 7) is 2.68. The zero-order valence-electron chi connectivity index (χ0n) is 8.16. The van der Waals surface area contributed by atoms with Crippen molar-refractivity contribution < 1.29 is 4.79 Å². The van der Waals surface area contributed by atoms with Gasteiger partial charge in [0.2, 0.25) is 5.91 Å². The fourth-order valence-corrected chi connectivity index (χ4v) is 1.26. The summed E-state index contributed by atoms with van der Waals surface area (Å²) in [7, 11) is 0. The lowest BCUT2D eigenvalue weighted by molar-refractivity contribution is -0.120. The minimum Gasteiger partial charge on any atom is -0.355 e. The highest BCUT2D eigenvalue weighted by Crippen LogP contribution is 1.99. The van der Waals surface area contributed by atoms with E-state index in [1.165, 1.54) is 0 Å². The van der Waals surface area contributed by atoms with Gasteiger partial charge in [0.15, 0.2) is 0 Å². The topological polar surface area (TPSA) is 29.1 Å². The normalized spacial score (nSPS) is 12.1. The molecule has 2 nitrogen and oxygen atoms in total. The summed E-state index contributed by atoms with van der Waals surface area (Å²) in [4.78, 5) is 11.7. The van der Waals surface area contributed by atoms with E-state index in [2.05, 4.69) is 21.2 Å². The Morgan fingerprint density at radius 1 is 1.43 bits per heavy atom. The number of nitrogens with one attached hydrogen (secondary N) is 1. The Labute approximate surface area is 92.8 Å². The molecule has 0 aliphatic carbocycles. The lowest BCUT2D eigenvalue weighted by Gasteiger charge is -2.06. The molecule has 76 valence electrons. The van der Waals surface area contributed by atoms with Crippen LogP contribution in [0, 0.1) is 0 Å². The van der Waals surface area contributed by atoms with Gasteiger partial charge in [0, 0.05) is 11.4 Å². The average molecular weight is 256 g/mol. The zero-order valence-corrected chi connectivity index (χ0v) is 9.75. The maximum absolute atomic E-state index is 11.4. The van der Waals surface area contributed by atoms with E-state index in [1.807, 2.05) is 37.3 Å². The van der Waals surface area contributed by atoms with Crippen molar-refractivity contribution in [3.05, 3.63) is 35.9 Å². The highest BCUT2D eigenvalue weighted by molar-refractivity contribution is 9.09. The van der Waals surface area contributed by atoms with Gasteiger partial charge in [-0.25, -0.2) is 0 Å². The third-order valence-electron chi connectivity index (χ3n) is 1.79. The second kappa shape index (κ2) is 5.81. The molecular weight excluding hydrogens is 242 g/mol. The minimum atomic E-state index is 0.0718. The fourth-order valence-electron chi connectivity index (χ4n) is 1.10. The molecule has 1 amide bonds. The number of halogens is 1. The van der Waals surface area contributed by atoms with Gasteiger partial charge in [0.1, 0.15) is 0 Å². The predicted octanol–water partition coefficient (Wildman–Crippen LogP) is 2.13. The van der Waals surface area contributed by atoms with E-state index in [9.17, 15) is 4.79 Å². The molecule has 0 aliphatic heterocycles. The highest BCUT2D eigenvalue weighted by atomic mass is 79.9. The molecule has 0 bridgehead atoms. The summed E-state index contributed by atoms with van der Waals surface area (Å²) >= 11 is 3.37. The monoisotopic (exact) mass is 255 g/mol. The van der Waals surface area contributed by atoms with Gasteiger partial charge in [-0.1, -0.05) is 53.2 Å². The van der Waals surface area contributed by atoms with Crippen molar-refractivity contribution >= 4 is 21.8 Å². The molecule has 1 aromatic rings. The Balaban J connectivity index is 2.35. The Morgan fingerprint density at radius 3 is 2.64 bits per heavy atom. The lowest BCUT2D eigenvalue weighted by atomic mass is 10.1. The van der Waals surface area contributed by atoms with Crippen molar-refractivity contribution in [2.75, 3.05) is 6.54 Å². The van der Waals surface area contributed by atoms with Crippen LogP contribution in [0.15, 0.2) is 30.3 Å². The van der Waals surface area contributed by atoms with Crippen molar-refractivity contribution in [2.45, 2.75) is 18.2 Å². The molecule has 14 heavy (non-hydrogen) atoms. The fraction of sp³-hybridized carbons (Fsp3) is 0.364. The summed E-state index contributed by atoms with van der Waals surface area (Å²) in [6.07, 6.45) is 0.459. The van der Waals surface area contributed by atoms with E-state index in [0.717, 1.165) is 5.56 Å². The quantitative estimate of drug-likeness (QED) is 0.821. The smallest absolute Gasteiger partial charge is 0.224 e. The summed E-state index contributed by atoms with van der Waals surface area (Å²) < 4.78 is 0. The van der Waals surface area contributed by atoms with Crippen LogP contribution in [0.1, 0.15) is 12.5 Å². The number of hydrogen-bond donors (Lipinski definition) is 1. The van der Waals surface area contributed by atoms with Crippen molar-refractivity contribution in [2.24, 2.45) is 0 Å². The SMILES string of the molecule is CC(Br)CNC(=O)Cc1ccccc1. The largest absolute Gasteiger partial charge is 0.355 e. The van der Waals surface area contributed by atoms with Crippen molar-refractivity contribution in [1.82, 2.24) is 5.32 Å². The van der Waals surface area contributed by atoms with E-state index in [1.54, 1.807) is 0 Å². The molecule has 1 N–H and O–H groups in total. The van der Waals surface area contributed by atoms with Crippen LogP contribution in [0.25, 0.3) is 0 Å². The highest BCUT2D eigenvalue weighted by Gasteiger charge is 2.03. The Kier molecular flexibility index (Phi) is 4.66. The maximum Gasteiger partial charge on any atom is 0.224 e. The number of amides is 1. The molecule has 1 atom stereocenters. The predicted molar refractivity (Wildman–Crippen MR) is 61.5 cm³/mol. The summed E-state index contributed by atoms with van der Waals surface area (Å²) in [5.41, 5.74) is 1.05. The van der Waals surface area contributed by atoms with Crippen LogP contribution in [0.3, 0.4) is 0 Å². The Hall–Kier alpha value is -0.830. The third kappa shape index (κ3) is 4.42. The van der Waals surface area contributed by atoms with Crippen LogP contribution in [0.2, 0.25) is 0 Å². The minimum absolute atomic E-state index is 0.0718. The van der Waals surface area contributed by atoms with Crippen LogP contribution in [-0.4, -0.2) is 17.3 Å². The first-order chi connectivity index (χ1) is 6.68. The number of benzene rings is 1.